The van der Waals surface area contributed by atoms with E-state index in [-0.39, 0.29) is 0 Å². The Morgan fingerprint density at radius 3 is 1.80 bits per heavy atom. The lowest BCUT2D eigenvalue weighted by molar-refractivity contribution is 0.670. The largest absolute Gasteiger partial charge is 0.455 e. The molecule has 0 fully saturated rings. The molecule has 2 aromatic heterocycles. The van der Waals surface area contributed by atoms with Crippen LogP contribution in [0.1, 0.15) is 0 Å². The summed E-state index contributed by atoms with van der Waals surface area (Å²) in [5.74, 6) is 1.88. The molecule has 0 bridgehead atoms. The van der Waals surface area contributed by atoms with E-state index in [9.17, 15) is 0 Å². The Hall–Kier alpha value is -6.95. The Morgan fingerprint density at radius 1 is 0.411 bits per heavy atom. The molecule has 0 N–H and O–H groups in total. The van der Waals surface area contributed by atoms with Crippen molar-refractivity contribution in [2.75, 3.05) is 0 Å². The van der Waals surface area contributed by atoms with Gasteiger partial charge in [0, 0.05) is 33.0 Å². The average molecular weight is 734 g/mol. The second kappa shape index (κ2) is 12.6. The number of hydrogen-bond acceptors (Lipinski definition) is 4. The van der Waals surface area contributed by atoms with Crippen LogP contribution in [-0.2, 0) is 0 Å². The van der Waals surface area contributed by atoms with Gasteiger partial charge in [0.1, 0.15) is 19.2 Å². The number of para-hydroxylation sites is 1. The second-order valence-corrected chi connectivity index (χ2v) is 19.5. The molecule has 0 spiro atoms. The molecule has 0 saturated heterocycles. The number of fused-ring (bicyclic) bond motifs is 8. The van der Waals surface area contributed by atoms with E-state index < -0.39 is 8.07 Å². The van der Waals surface area contributed by atoms with Crippen LogP contribution in [0, 0.1) is 0 Å². The minimum atomic E-state index is -2.11. The van der Waals surface area contributed by atoms with Crippen molar-refractivity contribution in [3.63, 3.8) is 0 Å². The highest BCUT2D eigenvalue weighted by atomic mass is 28.3. The Morgan fingerprint density at radius 2 is 0.982 bits per heavy atom. The van der Waals surface area contributed by atoms with Gasteiger partial charge in [-0.1, -0.05) is 165 Å². The van der Waals surface area contributed by atoms with Gasteiger partial charge < -0.3 is 4.42 Å². The van der Waals surface area contributed by atoms with E-state index in [4.69, 9.17) is 19.4 Å². The summed E-state index contributed by atoms with van der Waals surface area (Å²) in [6.45, 7) is 4.88. The summed E-state index contributed by atoms with van der Waals surface area (Å²) in [6.07, 6.45) is 0. The minimum Gasteiger partial charge on any atom is -0.455 e. The van der Waals surface area contributed by atoms with Gasteiger partial charge in [0.05, 0.1) is 0 Å². The van der Waals surface area contributed by atoms with Crippen LogP contribution >= 0.6 is 0 Å². The molecular formula is C51H35N3OSi. The monoisotopic (exact) mass is 733 g/mol. The van der Waals surface area contributed by atoms with Gasteiger partial charge >= 0.3 is 0 Å². The maximum absolute atomic E-state index is 6.85. The zero-order valence-electron chi connectivity index (χ0n) is 31.0. The molecule has 5 heteroatoms. The Balaban J connectivity index is 1.18. The van der Waals surface area contributed by atoms with Gasteiger partial charge in [-0.05, 0) is 73.2 Å². The number of furan rings is 1. The fraction of sp³-hybridized carbons (Fsp3) is 0.0392. The number of aromatic nitrogens is 3. The molecule has 11 rings (SSSR count). The molecule has 0 saturated carbocycles. The molecule has 10 aromatic rings. The zero-order chi connectivity index (χ0) is 37.4. The van der Waals surface area contributed by atoms with E-state index >= 15 is 0 Å². The third-order valence-electron chi connectivity index (χ3n) is 11.5. The molecule has 0 amide bonds. The topological polar surface area (TPSA) is 51.8 Å². The van der Waals surface area contributed by atoms with Crippen LogP contribution in [0.15, 0.2) is 180 Å². The van der Waals surface area contributed by atoms with Crippen molar-refractivity contribution in [1.82, 2.24) is 15.0 Å². The summed E-state index contributed by atoms with van der Waals surface area (Å²) in [7, 11) is -2.11. The van der Waals surface area contributed by atoms with Crippen LogP contribution < -0.4 is 10.4 Å². The molecule has 0 atom stereocenters. The maximum atomic E-state index is 6.85. The standard InChI is InChI=1S/C51H35N3OSi/c1-56(2)44-28-11-9-25-41(44)47-45(56)31-42(46-40-24-8-10-27-43(40)55-48(46)47)51-53-49(36-21-12-19-34(29-36)32-15-4-3-5-16-32)52-50(54-51)37-22-13-20-35(30-37)39-26-14-18-33-17-6-7-23-38(33)39/h3-31H,1-2H3. The lowest BCUT2D eigenvalue weighted by Gasteiger charge is -2.19. The van der Waals surface area contributed by atoms with Gasteiger partial charge in [0.15, 0.2) is 17.5 Å². The van der Waals surface area contributed by atoms with Crippen molar-refractivity contribution in [3.8, 4) is 67.5 Å². The van der Waals surface area contributed by atoms with Crippen LogP contribution in [0.5, 0.6) is 0 Å². The van der Waals surface area contributed by atoms with Gasteiger partial charge in [-0.25, -0.2) is 15.0 Å². The molecule has 56 heavy (non-hydrogen) atoms. The van der Waals surface area contributed by atoms with Crippen molar-refractivity contribution < 1.29 is 4.42 Å². The third kappa shape index (κ3) is 5.09. The van der Waals surface area contributed by atoms with Crippen LogP contribution in [0.3, 0.4) is 0 Å². The maximum Gasteiger partial charge on any atom is 0.164 e. The first-order chi connectivity index (χ1) is 27.5. The summed E-state index contributed by atoms with van der Waals surface area (Å²) < 4.78 is 6.85. The molecule has 8 aromatic carbocycles. The predicted octanol–water partition coefficient (Wildman–Crippen LogP) is 12.1. The van der Waals surface area contributed by atoms with E-state index in [1.807, 2.05) is 12.1 Å². The zero-order valence-corrected chi connectivity index (χ0v) is 32.0. The van der Waals surface area contributed by atoms with Gasteiger partial charge in [-0.15, -0.1) is 0 Å². The van der Waals surface area contributed by atoms with E-state index in [0.29, 0.717) is 17.5 Å². The van der Waals surface area contributed by atoms with Crippen LogP contribution in [0.25, 0.3) is 100 Å². The Bertz CT molecular complexity index is 3180. The SMILES string of the molecule is C[Si]1(C)c2ccccc2-c2c1cc(-c1nc(-c3cccc(-c4ccccc4)c3)nc(-c3cccc(-c4cccc5ccccc45)c3)n1)c1c2oc2ccccc21. The normalized spacial score (nSPS) is 13.0. The first-order valence-corrected chi connectivity index (χ1v) is 22.1. The number of benzene rings is 8. The highest BCUT2D eigenvalue weighted by molar-refractivity contribution is 7.04. The van der Waals surface area contributed by atoms with Crippen molar-refractivity contribution >= 4 is 51.2 Å². The molecular weight excluding hydrogens is 699 g/mol. The summed E-state index contributed by atoms with van der Waals surface area (Å²) >= 11 is 0. The molecule has 0 unspecified atom stereocenters. The number of nitrogens with zero attached hydrogens (tertiary/aromatic N) is 3. The van der Waals surface area contributed by atoms with Crippen molar-refractivity contribution in [1.29, 1.82) is 0 Å². The molecule has 0 radical (unpaired) electrons. The average Bonchev–Trinajstić information content (AvgIpc) is 3.76. The van der Waals surface area contributed by atoms with E-state index in [2.05, 4.69) is 177 Å². The highest BCUT2D eigenvalue weighted by Gasteiger charge is 2.40. The molecule has 4 nitrogen and oxygen atoms in total. The van der Waals surface area contributed by atoms with Gasteiger partial charge in [0.2, 0.25) is 0 Å². The smallest absolute Gasteiger partial charge is 0.164 e. The molecule has 0 aliphatic carbocycles. The predicted molar refractivity (Wildman–Crippen MR) is 234 cm³/mol. The van der Waals surface area contributed by atoms with E-state index in [1.165, 1.54) is 37.8 Å². The number of hydrogen-bond donors (Lipinski definition) is 0. The fourth-order valence-electron chi connectivity index (χ4n) is 8.75. The second-order valence-electron chi connectivity index (χ2n) is 15.2. The highest BCUT2D eigenvalue weighted by Crippen LogP contribution is 2.44. The quantitative estimate of drug-likeness (QED) is 0.165. The third-order valence-corrected chi connectivity index (χ3v) is 15.0. The summed E-state index contributed by atoms with van der Waals surface area (Å²) in [5.41, 5.74) is 11.6. The van der Waals surface area contributed by atoms with Crippen LogP contribution in [-0.4, -0.2) is 23.0 Å². The van der Waals surface area contributed by atoms with Gasteiger partial charge in [-0.3, -0.25) is 0 Å². The Kier molecular flexibility index (Phi) is 7.28. The molecule has 3 heterocycles. The Labute approximate surface area is 325 Å². The van der Waals surface area contributed by atoms with E-state index in [1.54, 1.807) is 0 Å². The molecule has 264 valence electrons. The molecule has 1 aliphatic rings. The minimum absolute atomic E-state index is 0.624. The van der Waals surface area contributed by atoms with Crippen molar-refractivity contribution in [2.45, 2.75) is 13.1 Å². The van der Waals surface area contributed by atoms with Crippen molar-refractivity contribution in [3.05, 3.63) is 176 Å². The lowest BCUT2D eigenvalue weighted by atomic mass is 9.96. The number of rotatable bonds is 5. The summed E-state index contributed by atoms with van der Waals surface area (Å²) in [4.78, 5) is 16.0. The van der Waals surface area contributed by atoms with Crippen LogP contribution in [0.4, 0.5) is 0 Å². The summed E-state index contributed by atoms with van der Waals surface area (Å²) in [5, 5.41) is 7.27. The summed E-state index contributed by atoms with van der Waals surface area (Å²) in [6, 6.07) is 62.2. The van der Waals surface area contributed by atoms with E-state index in [0.717, 1.165) is 55.3 Å². The lowest BCUT2D eigenvalue weighted by Crippen LogP contribution is -2.49. The first-order valence-electron chi connectivity index (χ1n) is 19.1. The van der Waals surface area contributed by atoms with Gasteiger partial charge in [-0.2, -0.15) is 0 Å². The first kappa shape index (κ1) is 32.5. The molecule has 1 aliphatic heterocycles. The fourth-order valence-corrected chi connectivity index (χ4v) is 11.8. The van der Waals surface area contributed by atoms with Crippen LogP contribution in [0.2, 0.25) is 13.1 Å². The van der Waals surface area contributed by atoms with Gasteiger partial charge in [0.25, 0.3) is 0 Å². The van der Waals surface area contributed by atoms with Crippen molar-refractivity contribution in [2.24, 2.45) is 0 Å².